The van der Waals surface area contributed by atoms with Crippen LogP contribution in [0, 0.1) is 12.3 Å². The smallest absolute Gasteiger partial charge is 0.0354 e. The van der Waals surface area contributed by atoms with Gasteiger partial charge in [0, 0.05) is 0 Å². The Morgan fingerprint density at radius 1 is 0.857 bits per heavy atom. The molecule has 0 bridgehead atoms. The highest BCUT2D eigenvalue weighted by Crippen LogP contribution is 2.29. The fraction of sp³-hybridized carbons (Fsp3) is 0.929. The average molecular weight is 197 g/mol. The lowest BCUT2D eigenvalue weighted by Crippen LogP contribution is -2.10. The molecular weight excluding hydrogens is 168 g/mol. The molecule has 0 aliphatic heterocycles. The van der Waals surface area contributed by atoms with Crippen molar-refractivity contribution >= 4 is 0 Å². The molecule has 0 aromatic carbocycles. The Morgan fingerprint density at radius 3 is 2.00 bits per heavy atom. The maximum Gasteiger partial charge on any atom is -0.0354 e. The summed E-state index contributed by atoms with van der Waals surface area (Å²) in [6.07, 6.45) is 12.2. The second kappa shape index (κ2) is 8.32. The molecule has 0 aliphatic rings. The molecule has 0 saturated carbocycles. The van der Waals surface area contributed by atoms with Crippen LogP contribution in [0.1, 0.15) is 78.6 Å². The highest BCUT2D eigenvalue weighted by atomic mass is 14.2. The molecule has 14 heavy (non-hydrogen) atoms. The van der Waals surface area contributed by atoms with Crippen molar-refractivity contribution in [1.82, 2.24) is 0 Å². The standard InChI is InChI=1S/C14H29/c1-5-7-9-10-11-13-14(3,4)12-8-6-2/h1,5-13H2,2-4H3. The molecule has 0 aliphatic carbocycles. The topological polar surface area (TPSA) is 0 Å². The Hall–Kier alpha value is 0. The zero-order valence-corrected chi connectivity index (χ0v) is 10.6. The summed E-state index contributed by atoms with van der Waals surface area (Å²) in [5.74, 6) is 0. The van der Waals surface area contributed by atoms with Gasteiger partial charge >= 0.3 is 0 Å². The summed E-state index contributed by atoms with van der Waals surface area (Å²) >= 11 is 0. The third kappa shape index (κ3) is 8.59. The average Bonchev–Trinajstić information content (AvgIpc) is 2.15. The first-order valence-corrected chi connectivity index (χ1v) is 6.41. The van der Waals surface area contributed by atoms with Crippen LogP contribution in [0.15, 0.2) is 0 Å². The first-order chi connectivity index (χ1) is 6.62. The van der Waals surface area contributed by atoms with E-state index in [9.17, 15) is 0 Å². The van der Waals surface area contributed by atoms with Gasteiger partial charge in [-0.1, -0.05) is 72.6 Å². The maximum atomic E-state index is 3.87. The molecule has 0 nitrogen and oxygen atoms in total. The van der Waals surface area contributed by atoms with Crippen LogP contribution in [-0.2, 0) is 0 Å². The van der Waals surface area contributed by atoms with E-state index in [4.69, 9.17) is 0 Å². The molecule has 0 aromatic rings. The van der Waals surface area contributed by atoms with Crippen LogP contribution >= 0.6 is 0 Å². The highest BCUT2D eigenvalue weighted by molar-refractivity contribution is 4.68. The first kappa shape index (κ1) is 14.0. The van der Waals surface area contributed by atoms with Crippen LogP contribution in [0.5, 0.6) is 0 Å². The summed E-state index contributed by atoms with van der Waals surface area (Å²) in [7, 11) is 0. The van der Waals surface area contributed by atoms with Gasteiger partial charge in [-0.25, -0.2) is 0 Å². The minimum absolute atomic E-state index is 0.584. The molecular formula is C14H29. The Morgan fingerprint density at radius 2 is 1.43 bits per heavy atom. The predicted molar refractivity (Wildman–Crippen MR) is 66.4 cm³/mol. The minimum atomic E-state index is 0.584. The lowest BCUT2D eigenvalue weighted by Gasteiger charge is -2.24. The van der Waals surface area contributed by atoms with Crippen molar-refractivity contribution in [2.75, 3.05) is 0 Å². The van der Waals surface area contributed by atoms with Crippen molar-refractivity contribution in [2.45, 2.75) is 78.6 Å². The van der Waals surface area contributed by atoms with Crippen LogP contribution in [0.2, 0.25) is 0 Å². The Labute approximate surface area is 91.5 Å². The summed E-state index contributed by atoms with van der Waals surface area (Å²) in [5, 5.41) is 0. The van der Waals surface area contributed by atoms with Gasteiger partial charge in [0.1, 0.15) is 0 Å². The molecule has 0 fully saturated rings. The quantitative estimate of drug-likeness (QED) is 0.435. The van der Waals surface area contributed by atoms with Gasteiger partial charge in [0.15, 0.2) is 0 Å². The van der Waals surface area contributed by atoms with Crippen molar-refractivity contribution in [2.24, 2.45) is 5.41 Å². The van der Waals surface area contributed by atoms with Crippen molar-refractivity contribution in [3.8, 4) is 0 Å². The van der Waals surface area contributed by atoms with Crippen molar-refractivity contribution < 1.29 is 0 Å². The van der Waals surface area contributed by atoms with E-state index in [1.54, 1.807) is 0 Å². The van der Waals surface area contributed by atoms with Gasteiger partial charge in [0.05, 0.1) is 0 Å². The first-order valence-electron chi connectivity index (χ1n) is 6.41. The van der Waals surface area contributed by atoms with Crippen molar-refractivity contribution in [3.05, 3.63) is 6.92 Å². The molecule has 0 heteroatoms. The van der Waals surface area contributed by atoms with Crippen LogP contribution in [0.25, 0.3) is 0 Å². The molecule has 0 N–H and O–H groups in total. The van der Waals surface area contributed by atoms with Crippen LogP contribution in [-0.4, -0.2) is 0 Å². The van der Waals surface area contributed by atoms with E-state index < -0.39 is 0 Å². The van der Waals surface area contributed by atoms with E-state index in [1.807, 2.05) is 0 Å². The Balaban J connectivity index is 3.35. The Kier molecular flexibility index (Phi) is 8.32. The van der Waals surface area contributed by atoms with E-state index in [2.05, 4.69) is 27.7 Å². The number of rotatable bonds is 9. The third-order valence-corrected chi connectivity index (χ3v) is 3.06. The number of hydrogen-bond acceptors (Lipinski definition) is 0. The summed E-state index contributed by atoms with van der Waals surface area (Å²) < 4.78 is 0. The molecule has 0 amide bonds. The minimum Gasteiger partial charge on any atom is -0.0654 e. The van der Waals surface area contributed by atoms with Gasteiger partial charge in [-0.15, -0.1) is 0 Å². The van der Waals surface area contributed by atoms with Gasteiger partial charge in [-0.3, -0.25) is 0 Å². The van der Waals surface area contributed by atoms with Crippen LogP contribution in [0.3, 0.4) is 0 Å². The largest absolute Gasteiger partial charge is 0.0654 e. The molecule has 0 rings (SSSR count). The fourth-order valence-electron chi connectivity index (χ4n) is 1.91. The fourth-order valence-corrected chi connectivity index (χ4v) is 1.91. The number of unbranched alkanes of at least 4 members (excludes halogenated alkanes) is 5. The summed E-state index contributed by atoms with van der Waals surface area (Å²) in [6, 6.07) is 0. The van der Waals surface area contributed by atoms with Gasteiger partial charge < -0.3 is 0 Å². The van der Waals surface area contributed by atoms with Gasteiger partial charge in [0.2, 0.25) is 0 Å². The van der Waals surface area contributed by atoms with E-state index in [1.165, 1.54) is 51.4 Å². The molecule has 0 saturated heterocycles. The lowest BCUT2D eigenvalue weighted by molar-refractivity contribution is 0.285. The molecule has 85 valence electrons. The molecule has 1 radical (unpaired) electrons. The zero-order valence-electron chi connectivity index (χ0n) is 10.6. The number of hydrogen-bond donors (Lipinski definition) is 0. The molecule has 0 atom stereocenters. The van der Waals surface area contributed by atoms with Gasteiger partial charge in [-0.05, 0) is 18.3 Å². The SMILES string of the molecule is [CH2]CCCCCCC(C)(C)CCCC. The lowest BCUT2D eigenvalue weighted by atomic mass is 9.82. The monoisotopic (exact) mass is 197 g/mol. The summed E-state index contributed by atoms with van der Waals surface area (Å²) in [4.78, 5) is 0. The summed E-state index contributed by atoms with van der Waals surface area (Å²) in [5.41, 5.74) is 0.584. The summed E-state index contributed by atoms with van der Waals surface area (Å²) in [6.45, 7) is 11.0. The van der Waals surface area contributed by atoms with Crippen molar-refractivity contribution in [1.29, 1.82) is 0 Å². The third-order valence-electron chi connectivity index (χ3n) is 3.06. The Bertz CT molecular complexity index is 113. The van der Waals surface area contributed by atoms with Gasteiger partial charge in [0.25, 0.3) is 0 Å². The van der Waals surface area contributed by atoms with Crippen LogP contribution < -0.4 is 0 Å². The zero-order chi connectivity index (χ0) is 10.9. The molecule has 0 heterocycles. The van der Waals surface area contributed by atoms with E-state index in [-0.39, 0.29) is 0 Å². The van der Waals surface area contributed by atoms with Crippen LogP contribution in [0.4, 0.5) is 0 Å². The second-order valence-electron chi connectivity index (χ2n) is 5.29. The van der Waals surface area contributed by atoms with E-state index >= 15 is 0 Å². The van der Waals surface area contributed by atoms with Gasteiger partial charge in [-0.2, -0.15) is 0 Å². The second-order valence-corrected chi connectivity index (χ2v) is 5.29. The molecule has 0 spiro atoms. The van der Waals surface area contributed by atoms with E-state index in [0.29, 0.717) is 5.41 Å². The predicted octanol–water partition coefficient (Wildman–Crippen LogP) is 5.38. The van der Waals surface area contributed by atoms with E-state index in [0.717, 1.165) is 6.42 Å². The highest BCUT2D eigenvalue weighted by Gasteiger charge is 2.15. The molecule has 0 unspecified atom stereocenters. The maximum absolute atomic E-state index is 3.87. The normalized spacial score (nSPS) is 12.0. The van der Waals surface area contributed by atoms with Crippen molar-refractivity contribution in [3.63, 3.8) is 0 Å². The molecule has 0 aromatic heterocycles.